The Hall–Kier alpha value is -2.03. The molecule has 0 fully saturated rings. The minimum Gasteiger partial charge on any atom is -0.366 e. The van der Waals surface area contributed by atoms with Crippen LogP contribution >= 0.6 is 0 Å². The molecule has 2 rings (SSSR count). The van der Waals surface area contributed by atoms with Crippen LogP contribution in [0.3, 0.4) is 0 Å². The van der Waals surface area contributed by atoms with Crippen molar-refractivity contribution in [1.29, 1.82) is 0 Å². The van der Waals surface area contributed by atoms with Gasteiger partial charge in [-0.25, -0.2) is 0 Å². The molecule has 2 N–H and O–H groups in total. The molecule has 0 aliphatic heterocycles. The van der Waals surface area contributed by atoms with Crippen LogP contribution in [0.15, 0.2) is 30.3 Å². The first-order chi connectivity index (χ1) is 7.59. The van der Waals surface area contributed by atoms with E-state index in [9.17, 15) is 4.79 Å². The number of primary amides is 1. The van der Waals surface area contributed by atoms with Crippen molar-refractivity contribution in [2.75, 3.05) is 0 Å². The fraction of sp³-hybridized carbons (Fsp3) is 0.154. The highest BCUT2D eigenvalue weighted by atomic mass is 16.1. The number of hydrogen-bond acceptors (Lipinski definition) is 1. The lowest BCUT2D eigenvalue weighted by atomic mass is 10.2. The van der Waals surface area contributed by atoms with Gasteiger partial charge < -0.3 is 10.3 Å². The van der Waals surface area contributed by atoms with E-state index < -0.39 is 5.91 Å². The molecule has 3 nitrogen and oxygen atoms in total. The molecule has 0 bridgehead atoms. The van der Waals surface area contributed by atoms with Crippen molar-refractivity contribution in [3.63, 3.8) is 0 Å². The number of rotatable bonds is 2. The van der Waals surface area contributed by atoms with Gasteiger partial charge in [-0.2, -0.15) is 0 Å². The maximum atomic E-state index is 10.7. The molecule has 0 saturated carbocycles. The summed E-state index contributed by atoms with van der Waals surface area (Å²) in [6, 6.07) is 8.20. The number of aryl methyl sites for hydroxylation is 2. The largest absolute Gasteiger partial charge is 0.366 e. The van der Waals surface area contributed by atoms with Crippen molar-refractivity contribution >= 4 is 22.9 Å². The van der Waals surface area contributed by atoms with Crippen LogP contribution in [0.4, 0.5) is 0 Å². The highest BCUT2D eigenvalue weighted by Crippen LogP contribution is 2.22. The molecule has 2 aromatic rings. The molecule has 0 aliphatic rings. The number of amides is 1. The summed E-state index contributed by atoms with van der Waals surface area (Å²) in [6.07, 6.45) is 3.12. The Labute approximate surface area is 94.2 Å². The number of fused-ring (bicyclic) bond motifs is 1. The van der Waals surface area contributed by atoms with Gasteiger partial charge in [0.1, 0.15) is 0 Å². The molecule has 1 amide bonds. The summed E-state index contributed by atoms with van der Waals surface area (Å²) in [5, 5.41) is 1.17. The van der Waals surface area contributed by atoms with Gasteiger partial charge in [0.15, 0.2) is 0 Å². The molecule has 3 heteroatoms. The van der Waals surface area contributed by atoms with E-state index in [4.69, 9.17) is 5.73 Å². The number of hydrogen-bond donors (Lipinski definition) is 1. The number of nitrogens with two attached hydrogens (primary N) is 1. The zero-order chi connectivity index (χ0) is 11.7. The molecule has 16 heavy (non-hydrogen) atoms. The highest BCUT2D eigenvalue weighted by molar-refractivity contribution is 5.92. The van der Waals surface area contributed by atoms with Crippen LogP contribution < -0.4 is 5.73 Å². The van der Waals surface area contributed by atoms with Crippen molar-refractivity contribution in [2.45, 2.75) is 6.92 Å². The van der Waals surface area contributed by atoms with Crippen LogP contribution in [-0.2, 0) is 11.8 Å². The topological polar surface area (TPSA) is 48.0 Å². The molecule has 0 spiro atoms. The fourth-order valence-corrected chi connectivity index (χ4v) is 1.97. The maximum Gasteiger partial charge on any atom is 0.241 e. The van der Waals surface area contributed by atoms with Crippen molar-refractivity contribution in [3.05, 3.63) is 41.6 Å². The summed E-state index contributed by atoms with van der Waals surface area (Å²) < 4.78 is 2.06. The number of carbonyl (C=O) groups excluding carboxylic acids is 1. The van der Waals surface area contributed by atoms with E-state index in [2.05, 4.69) is 23.6 Å². The van der Waals surface area contributed by atoms with Crippen LogP contribution in [0.1, 0.15) is 11.3 Å². The van der Waals surface area contributed by atoms with Crippen LogP contribution in [0.25, 0.3) is 17.0 Å². The predicted molar refractivity (Wildman–Crippen MR) is 65.9 cm³/mol. The van der Waals surface area contributed by atoms with Gasteiger partial charge in [-0.05, 0) is 24.6 Å². The van der Waals surface area contributed by atoms with E-state index >= 15 is 0 Å². The lowest BCUT2D eigenvalue weighted by molar-refractivity contribution is -0.113. The van der Waals surface area contributed by atoms with Crippen LogP contribution in [0, 0.1) is 6.92 Å². The molecule has 0 unspecified atom stereocenters. The SMILES string of the molecule is Cc1cccc2cc(/C=C/C(N)=O)n(C)c12. The molecule has 0 aliphatic carbocycles. The van der Waals surface area contributed by atoms with Gasteiger partial charge in [-0.15, -0.1) is 0 Å². The smallest absolute Gasteiger partial charge is 0.241 e. The first-order valence-electron chi connectivity index (χ1n) is 5.12. The molecule has 1 aromatic carbocycles. The number of aromatic nitrogens is 1. The first kappa shape index (κ1) is 10.5. The number of benzene rings is 1. The Morgan fingerprint density at radius 1 is 1.44 bits per heavy atom. The summed E-state index contributed by atoms with van der Waals surface area (Å²) >= 11 is 0. The molecule has 1 heterocycles. The third kappa shape index (κ3) is 1.72. The van der Waals surface area contributed by atoms with Crippen molar-refractivity contribution in [3.8, 4) is 0 Å². The average Bonchev–Trinajstić information content (AvgIpc) is 2.54. The van der Waals surface area contributed by atoms with Crippen LogP contribution in [-0.4, -0.2) is 10.5 Å². The Morgan fingerprint density at radius 2 is 2.19 bits per heavy atom. The summed E-state index contributed by atoms with van der Waals surface area (Å²) in [6.45, 7) is 2.07. The van der Waals surface area contributed by atoms with Gasteiger partial charge in [0.05, 0.1) is 5.52 Å². The standard InChI is InChI=1S/C13H14N2O/c1-9-4-3-5-10-8-11(6-7-12(14)16)15(2)13(9)10/h3-8H,1-2H3,(H2,14,16)/b7-6+. The molecule has 0 atom stereocenters. The summed E-state index contributed by atoms with van der Waals surface area (Å²) in [5.41, 5.74) is 8.46. The van der Waals surface area contributed by atoms with Gasteiger partial charge in [0, 0.05) is 24.2 Å². The van der Waals surface area contributed by atoms with Gasteiger partial charge >= 0.3 is 0 Å². The lowest BCUT2D eigenvalue weighted by Crippen LogP contribution is -2.05. The van der Waals surface area contributed by atoms with Gasteiger partial charge in [-0.1, -0.05) is 18.2 Å². The Morgan fingerprint density at radius 3 is 2.81 bits per heavy atom. The minimum absolute atomic E-state index is 0.429. The predicted octanol–water partition coefficient (Wildman–Crippen LogP) is 1.99. The van der Waals surface area contributed by atoms with Gasteiger partial charge in [0.2, 0.25) is 5.91 Å². The minimum atomic E-state index is -0.429. The second-order valence-electron chi connectivity index (χ2n) is 3.88. The van der Waals surface area contributed by atoms with Crippen molar-refractivity contribution < 1.29 is 4.79 Å². The third-order valence-corrected chi connectivity index (χ3v) is 2.71. The monoisotopic (exact) mass is 214 g/mol. The van der Waals surface area contributed by atoms with Gasteiger partial charge in [-0.3, -0.25) is 4.79 Å². The second-order valence-corrected chi connectivity index (χ2v) is 3.88. The van der Waals surface area contributed by atoms with E-state index in [1.54, 1.807) is 6.08 Å². The highest BCUT2D eigenvalue weighted by Gasteiger charge is 2.05. The molecule has 1 aromatic heterocycles. The lowest BCUT2D eigenvalue weighted by Gasteiger charge is -2.02. The maximum absolute atomic E-state index is 10.7. The number of carbonyl (C=O) groups is 1. The van der Waals surface area contributed by atoms with E-state index in [0.29, 0.717) is 0 Å². The molecular weight excluding hydrogens is 200 g/mol. The second kappa shape index (κ2) is 3.85. The number of para-hydroxylation sites is 1. The van der Waals surface area contributed by atoms with Crippen LogP contribution in [0.2, 0.25) is 0 Å². The third-order valence-electron chi connectivity index (χ3n) is 2.71. The average molecular weight is 214 g/mol. The summed E-state index contributed by atoms with van der Waals surface area (Å²) in [4.78, 5) is 10.7. The van der Waals surface area contributed by atoms with Crippen molar-refractivity contribution in [2.24, 2.45) is 12.8 Å². The molecular formula is C13H14N2O. The normalized spacial score (nSPS) is 11.4. The van der Waals surface area contributed by atoms with Crippen molar-refractivity contribution in [1.82, 2.24) is 4.57 Å². The molecule has 0 radical (unpaired) electrons. The van der Waals surface area contributed by atoms with E-state index in [-0.39, 0.29) is 0 Å². The first-order valence-corrected chi connectivity index (χ1v) is 5.12. The summed E-state index contributed by atoms with van der Waals surface area (Å²) in [7, 11) is 1.98. The van der Waals surface area contributed by atoms with E-state index in [1.807, 2.05) is 19.2 Å². The molecule has 0 saturated heterocycles. The van der Waals surface area contributed by atoms with Crippen LogP contribution in [0.5, 0.6) is 0 Å². The Bertz CT molecular complexity index is 579. The zero-order valence-corrected chi connectivity index (χ0v) is 9.40. The molecule has 82 valence electrons. The Kier molecular flexibility index (Phi) is 2.52. The van der Waals surface area contributed by atoms with E-state index in [1.165, 1.54) is 22.5 Å². The van der Waals surface area contributed by atoms with E-state index in [0.717, 1.165) is 5.69 Å². The number of nitrogens with zero attached hydrogens (tertiary/aromatic N) is 1. The quantitative estimate of drug-likeness (QED) is 0.763. The zero-order valence-electron chi connectivity index (χ0n) is 9.40. The fourth-order valence-electron chi connectivity index (χ4n) is 1.97. The van der Waals surface area contributed by atoms with Gasteiger partial charge in [0.25, 0.3) is 0 Å². The Balaban J connectivity index is 2.61. The summed E-state index contributed by atoms with van der Waals surface area (Å²) in [5.74, 6) is -0.429.